The number of likely N-dealkylation sites (tertiary alicyclic amines) is 1. The van der Waals surface area contributed by atoms with Crippen molar-refractivity contribution < 1.29 is 4.79 Å². The topological polar surface area (TPSA) is 37.3 Å². The van der Waals surface area contributed by atoms with Crippen LogP contribution in [0, 0.1) is 0 Å². The number of aromatic nitrogens is 1. The van der Waals surface area contributed by atoms with Crippen LogP contribution in [0.25, 0.3) is 0 Å². The first kappa shape index (κ1) is 19.0. The van der Waals surface area contributed by atoms with E-state index in [0.717, 1.165) is 36.8 Å². The Balaban J connectivity index is 1.61. The maximum atomic E-state index is 12.6. The molecule has 0 bridgehead atoms. The van der Waals surface area contributed by atoms with E-state index in [0.29, 0.717) is 12.5 Å². The highest BCUT2D eigenvalue weighted by Crippen LogP contribution is 2.24. The summed E-state index contributed by atoms with van der Waals surface area (Å²) in [6.45, 7) is 5.93. The van der Waals surface area contributed by atoms with Crippen LogP contribution in [0.4, 0.5) is 0 Å². The molecule has 0 unspecified atom stereocenters. The minimum atomic E-state index is 0.125. The highest BCUT2D eigenvalue weighted by Gasteiger charge is 2.24. The van der Waals surface area contributed by atoms with Crippen molar-refractivity contribution in [3.8, 4) is 0 Å². The van der Waals surface area contributed by atoms with Gasteiger partial charge in [-0.1, -0.05) is 30.7 Å². The Morgan fingerprint density at radius 3 is 2.69 bits per heavy atom. The average Bonchev–Trinajstić information content (AvgIpc) is 3.31. The third-order valence-corrected chi connectivity index (χ3v) is 5.56. The minimum Gasteiger partial charge on any atom is -0.355 e. The van der Waals surface area contributed by atoms with Crippen LogP contribution in [0.5, 0.6) is 0 Å². The Morgan fingerprint density at radius 1 is 1.27 bits per heavy atom. The van der Waals surface area contributed by atoms with E-state index in [1.54, 1.807) is 0 Å². The zero-order chi connectivity index (χ0) is 18.4. The second-order valence-electron chi connectivity index (χ2n) is 7.06. The fourth-order valence-corrected chi connectivity index (χ4v) is 3.97. The molecule has 4 nitrogen and oxygen atoms in total. The van der Waals surface area contributed by atoms with Crippen molar-refractivity contribution in [3.05, 3.63) is 59.4 Å². The van der Waals surface area contributed by atoms with Crippen LogP contribution in [0.15, 0.2) is 48.8 Å². The van der Waals surface area contributed by atoms with Crippen LogP contribution in [0.3, 0.4) is 0 Å². The Morgan fingerprint density at radius 2 is 2.00 bits per heavy atom. The average molecular weight is 374 g/mol. The molecule has 1 amide bonds. The number of nitrogens with one attached hydrogen (secondary N) is 1. The summed E-state index contributed by atoms with van der Waals surface area (Å²) in [6, 6.07) is 12.4. The number of carbonyl (C=O) groups excluding carboxylic acids is 1. The molecule has 1 N–H and O–H groups in total. The highest BCUT2D eigenvalue weighted by molar-refractivity contribution is 6.30. The summed E-state index contributed by atoms with van der Waals surface area (Å²) in [5.74, 6) is 0.255. The van der Waals surface area contributed by atoms with Gasteiger partial charge in [-0.15, -0.1) is 0 Å². The molecule has 1 aliphatic heterocycles. The molecule has 140 valence electrons. The fraction of sp³-hybridized carbons (Fsp3) is 0.476. The molecule has 5 heteroatoms. The summed E-state index contributed by atoms with van der Waals surface area (Å²) < 4.78 is 2.13. The summed E-state index contributed by atoms with van der Waals surface area (Å²) in [5.41, 5.74) is 1.15. The van der Waals surface area contributed by atoms with Gasteiger partial charge < -0.3 is 9.88 Å². The van der Waals surface area contributed by atoms with Gasteiger partial charge in [-0.3, -0.25) is 9.69 Å². The van der Waals surface area contributed by atoms with Crippen LogP contribution in [0.2, 0.25) is 5.02 Å². The van der Waals surface area contributed by atoms with Crippen LogP contribution >= 0.6 is 11.6 Å². The normalized spacial score (nSPS) is 18.8. The number of hydrogen-bond acceptors (Lipinski definition) is 2. The lowest BCUT2D eigenvalue weighted by Crippen LogP contribution is -2.40. The molecule has 0 radical (unpaired) electrons. The first-order valence-electron chi connectivity index (χ1n) is 9.52. The SMILES string of the molecule is CCN1CCC[C@@H]1CNC(=O)C[C@@H](Cn1cccc1)c1ccc(Cl)cc1. The number of carbonyl (C=O) groups is 1. The molecule has 26 heavy (non-hydrogen) atoms. The van der Waals surface area contributed by atoms with Gasteiger partial charge in [0, 0.05) is 48.9 Å². The summed E-state index contributed by atoms with van der Waals surface area (Å²) in [5, 5.41) is 3.89. The molecule has 3 rings (SSSR count). The quantitative estimate of drug-likeness (QED) is 0.761. The molecular weight excluding hydrogens is 346 g/mol. The number of nitrogens with zero attached hydrogens (tertiary/aromatic N) is 2. The lowest BCUT2D eigenvalue weighted by molar-refractivity contribution is -0.121. The first-order chi connectivity index (χ1) is 12.7. The molecule has 2 aromatic rings. The van der Waals surface area contributed by atoms with Gasteiger partial charge in [-0.25, -0.2) is 0 Å². The second-order valence-corrected chi connectivity index (χ2v) is 7.50. The van der Waals surface area contributed by atoms with E-state index in [1.807, 2.05) is 48.8 Å². The first-order valence-corrected chi connectivity index (χ1v) is 9.90. The molecular formula is C21H28ClN3O. The maximum absolute atomic E-state index is 12.6. The number of hydrogen-bond donors (Lipinski definition) is 1. The molecule has 0 aliphatic carbocycles. The van der Waals surface area contributed by atoms with Gasteiger partial charge in [0.05, 0.1) is 0 Å². The van der Waals surface area contributed by atoms with Gasteiger partial charge in [-0.05, 0) is 55.8 Å². The number of halogens is 1. The third kappa shape index (κ3) is 5.12. The summed E-state index contributed by atoms with van der Waals surface area (Å²) in [7, 11) is 0. The third-order valence-electron chi connectivity index (χ3n) is 5.31. The zero-order valence-corrected chi connectivity index (χ0v) is 16.2. The molecule has 1 saturated heterocycles. The van der Waals surface area contributed by atoms with Crippen LogP contribution < -0.4 is 5.32 Å². The van der Waals surface area contributed by atoms with Crippen molar-refractivity contribution in [3.63, 3.8) is 0 Å². The van der Waals surface area contributed by atoms with E-state index >= 15 is 0 Å². The van der Waals surface area contributed by atoms with Gasteiger partial charge in [-0.2, -0.15) is 0 Å². The lowest BCUT2D eigenvalue weighted by atomic mass is 9.95. The number of rotatable bonds is 8. The zero-order valence-electron chi connectivity index (χ0n) is 15.4. The van der Waals surface area contributed by atoms with Crippen LogP contribution in [-0.2, 0) is 11.3 Å². The monoisotopic (exact) mass is 373 g/mol. The number of likely N-dealkylation sites (N-methyl/N-ethyl adjacent to an activating group) is 1. The largest absolute Gasteiger partial charge is 0.355 e. The summed E-state index contributed by atoms with van der Waals surface area (Å²) >= 11 is 6.03. The molecule has 0 spiro atoms. The van der Waals surface area contributed by atoms with E-state index in [9.17, 15) is 4.79 Å². The molecule has 1 aromatic carbocycles. The molecule has 2 heterocycles. The Kier molecular flexibility index (Phi) is 6.75. The van der Waals surface area contributed by atoms with Crippen LogP contribution in [-0.4, -0.2) is 41.1 Å². The van der Waals surface area contributed by atoms with E-state index in [4.69, 9.17) is 11.6 Å². The van der Waals surface area contributed by atoms with E-state index in [1.165, 1.54) is 12.8 Å². The number of amides is 1. The molecule has 1 aromatic heterocycles. The van der Waals surface area contributed by atoms with Gasteiger partial charge in [0.15, 0.2) is 0 Å². The van der Waals surface area contributed by atoms with Crippen LogP contribution in [0.1, 0.15) is 37.7 Å². The van der Waals surface area contributed by atoms with Crippen molar-refractivity contribution in [2.75, 3.05) is 19.6 Å². The Hall–Kier alpha value is -1.78. The maximum Gasteiger partial charge on any atom is 0.220 e. The molecule has 1 fully saturated rings. The van der Waals surface area contributed by atoms with Gasteiger partial charge in [0.25, 0.3) is 0 Å². The smallest absolute Gasteiger partial charge is 0.220 e. The van der Waals surface area contributed by atoms with E-state index in [2.05, 4.69) is 21.7 Å². The van der Waals surface area contributed by atoms with Crippen molar-refractivity contribution in [2.45, 2.75) is 44.7 Å². The second kappa shape index (κ2) is 9.24. The Labute approximate surface area is 161 Å². The van der Waals surface area contributed by atoms with Gasteiger partial charge >= 0.3 is 0 Å². The Bertz CT molecular complexity index is 684. The van der Waals surface area contributed by atoms with Crippen molar-refractivity contribution in [1.82, 2.24) is 14.8 Å². The predicted molar refractivity (Wildman–Crippen MR) is 107 cm³/mol. The fourth-order valence-electron chi connectivity index (χ4n) is 3.84. The molecule has 1 aliphatic rings. The van der Waals surface area contributed by atoms with Crippen molar-refractivity contribution in [2.24, 2.45) is 0 Å². The molecule has 0 saturated carbocycles. The summed E-state index contributed by atoms with van der Waals surface area (Å²) in [4.78, 5) is 15.1. The van der Waals surface area contributed by atoms with Gasteiger partial charge in [0.2, 0.25) is 5.91 Å². The van der Waals surface area contributed by atoms with Crippen molar-refractivity contribution in [1.29, 1.82) is 0 Å². The highest BCUT2D eigenvalue weighted by atomic mass is 35.5. The lowest BCUT2D eigenvalue weighted by Gasteiger charge is -2.24. The van der Waals surface area contributed by atoms with E-state index in [-0.39, 0.29) is 11.8 Å². The minimum absolute atomic E-state index is 0.125. The standard InChI is InChI=1S/C21H28ClN3O/c1-2-25-13-5-6-20(25)15-23-21(26)14-18(16-24-11-3-4-12-24)17-7-9-19(22)10-8-17/h3-4,7-12,18,20H,2,5-6,13-16H2,1H3,(H,23,26)/t18-,20+/m0/s1. The predicted octanol–water partition coefficient (Wildman–Crippen LogP) is 3.92. The van der Waals surface area contributed by atoms with Crippen molar-refractivity contribution >= 4 is 17.5 Å². The molecule has 2 atom stereocenters. The van der Waals surface area contributed by atoms with E-state index < -0.39 is 0 Å². The summed E-state index contributed by atoms with van der Waals surface area (Å²) in [6.07, 6.45) is 6.98. The number of benzene rings is 1. The van der Waals surface area contributed by atoms with Gasteiger partial charge in [0.1, 0.15) is 0 Å².